The van der Waals surface area contributed by atoms with Gasteiger partial charge in [-0.1, -0.05) is 54.6 Å². The van der Waals surface area contributed by atoms with E-state index in [2.05, 4.69) is 15.7 Å². The molecule has 3 aromatic carbocycles. The van der Waals surface area contributed by atoms with E-state index in [1.54, 1.807) is 12.1 Å². The van der Waals surface area contributed by atoms with Crippen molar-refractivity contribution < 1.29 is 18.3 Å². The van der Waals surface area contributed by atoms with E-state index in [1.807, 2.05) is 60.7 Å². The lowest BCUT2D eigenvalue weighted by atomic mass is 10.1. The van der Waals surface area contributed by atoms with Crippen LogP contribution in [0.3, 0.4) is 0 Å². The zero-order valence-corrected chi connectivity index (χ0v) is 19.4. The van der Waals surface area contributed by atoms with Gasteiger partial charge in [0.25, 0.3) is 0 Å². The van der Waals surface area contributed by atoms with E-state index in [1.165, 1.54) is 0 Å². The van der Waals surface area contributed by atoms with Crippen LogP contribution in [-0.2, 0) is 16.6 Å². The molecule has 1 fully saturated rings. The van der Waals surface area contributed by atoms with Crippen LogP contribution in [0.1, 0.15) is 18.4 Å². The van der Waals surface area contributed by atoms with Crippen molar-refractivity contribution in [2.75, 3.05) is 26.3 Å². The van der Waals surface area contributed by atoms with E-state index in [9.17, 15) is 8.42 Å². The number of benzene rings is 3. The molecule has 0 bridgehead atoms. The monoisotopic (exact) mass is 466 g/mol. The van der Waals surface area contributed by atoms with E-state index in [0.717, 1.165) is 54.9 Å². The number of hydrogen-bond donors (Lipinski definition) is 2. The molecule has 0 aliphatic carbocycles. The molecule has 6 nitrogen and oxygen atoms in total. The smallest absolute Gasteiger partial charge is 0.240 e. The highest BCUT2D eigenvalue weighted by Gasteiger charge is 2.24. The van der Waals surface area contributed by atoms with Gasteiger partial charge >= 0.3 is 0 Å². The first-order chi connectivity index (χ1) is 16.0. The second-order valence-corrected chi connectivity index (χ2v) is 10.00. The standard InChI is InChI=1S/C26H30N2O4S/c29-17-18-32-25-8-4-5-21(19-25)20-28-15-13-24(14-16-28)27-33(30,31)26-11-9-23(10-12-26)22-6-2-1-3-7-22/h1-12,19,24,27,29H,13-18,20H2. The molecule has 0 saturated carbocycles. The van der Waals surface area contributed by atoms with Crippen LogP contribution in [0.5, 0.6) is 5.75 Å². The van der Waals surface area contributed by atoms with E-state index < -0.39 is 10.0 Å². The molecule has 0 radical (unpaired) electrons. The maximum Gasteiger partial charge on any atom is 0.240 e. The van der Waals surface area contributed by atoms with Gasteiger partial charge in [0.2, 0.25) is 10.0 Å². The fourth-order valence-electron chi connectivity index (χ4n) is 4.11. The highest BCUT2D eigenvalue weighted by Crippen LogP contribution is 2.22. The van der Waals surface area contributed by atoms with Crippen molar-refractivity contribution >= 4 is 10.0 Å². The molecule has 174 valence electrons. The fourth-order valence-corrected chi connectivity index (χ4v) is 5.41. The topological polar surface area (TPSA) is 78.9 Å². The Morgan fingerprint density at radius 1 is 0.909 bits per heavy atom. The van der Waals surface area contributed by atoms with Crippen molar-refractivity contribution in [2.24, 2.45) is 0 Å². The quantitative estimate of drug-likeness (QED) is 0.503. The third kappa shape index (κ3) is 6.42. The Morgan fingerprint density at radius 2 is 1.61 bits per heavy atom. The lowest BCUT2D eigenvalue weighted by molar-refractivity contribution is 0.196. The van der Waals surface area contributed by atoms with Gasteiger partial charge in [-0.15, -0.1) is 0 Å². The van der Waals surface area contributed by atoms with Gasteiger partial charge in [-0.05, 0) is 53.8 Å². The van der Waals surface area contributed by atoms with Gasteiger partial charge in [0.05, 0.1) is 11.5 Å². The number of nitrogens with one attached hydrogen (secondary N) is 1. The lowest BCUT2D eigenvalue weighted by Crippen LogP contribution is -2.44. The highest BCUT2D eigenvalue weighted by atomic mass is 32.2. The van der Waals surface area contributed by atoms with Crippen LogP contribution in [0.4, 0.5) is 0 Å². The maximum absolute atomic E-state index is 12.9. The molecule has 1 saturated heterocycles. The predicted octanol–water partition coefficient (Wildman–Crippen LogP) is 3.67. The second-order valence-electron chi connectivity index (χ2n) is 8.28. The normalized spacial score (nSPS) is 15.4. The maximum atomic E-state index is 12.9. The molecule has 7 heteroatoms. The number of aliphatic hydroxyl groups excluding tert-OH is 1. The van der Waals surface area contributed by atoms with E-state index in [0.29, 0.717) is 4.90 Å². The Hall–Kier alpha value is -2.71. The number of ether oxygens (including phenoxy) is 1. The number of hydrogen-bond acceptors (Lipinski definition) is 5. The molecule has 4 rings (SSSR count). The van der Waals surface area contributed by atoms with Gasteiger partial charge in [-0.2, -0.15) is 0 Å². The summed E-state index contributed by atoms with van der Waals surface area (Å²) in [4.78, 5) is 2.62. The molecule has 1 aliphatic heterocycles. The summed E-state index contributed by atoms with van der Waals surface area (Å²) in [7, 11) is -3.56. The van der Waals surface area contributed by atoms with Gasteiger partial charge in [0.1, 0.15) is 12.4 Å². The van der Waals surface area contributed by atoms with E-state index >= 15 is 0 Å². The Balaban J connectivity index is 1.30. The van der Waals surface area contributed by atoms with Crippen molar-refractivity contribution in [1.29, 1.82) is 0 Å². The zero-order chi connectivity index (χ0) is 23.1. The van der Waals surface area contributed by atoms with Crippen molar-refractivity contribution in [3.8, 4) is 16.9 Å². The van der Waals surface area contributed by atoms with Gasteiger partial charge in [0, 0.05) is 25.7 Å². The first-order valence-corrected chi connectivity index (χ1v) is 12.7. The average Bonchev–Trinajstić information content (AvgIpc) is 2.85. The summed E-state index contributed by atoms with van der Waals surface area (Å²) in [6.07, 6.45) is 1.53. The molecular formula is C26H30N2O4S. The number of likely N-dealkylation sites (tertiary alicyclic amines) is 1. The number of aliphatic hydroxyl groups is 1. The summed E-state index contributed by atoms with van der Waals surface area (Å²) >= 11 is 0. The van der Waals surface area contributed by atoms with Crippen LogP contribution < -0.4 is 9.46 Å². The highest BCUT2D eigenvalue weighted by molar-refractivity contribution is 7.89. The molecular weight excluding hydrogens is 436 g/mol. The number of rotatable bonds is 9. The number of piperidine rings is 1. The molecule has 1 heterocycles. The average molecular weight is 467 g/mol. The first-order valence-electron chi connectivity index (χ1n) is 11.3. The fraction of sp³-hybridized carbons (Fsp3) is 0.308. The second kappa shape index (κ2) is 10.9. The molecule has 2 N–H and O–H groups in total. The number of nitrogens with zero attached hydrogens (tertiary/aromatic N) is 1. The van der Waals surface area contributed by atoms with Crippen molar-refractivity contribution in [3.05, 3.63) is 84.4 Å². The third-order valence-electron chi connectivity index (χ3n) is 5.85. The Bertz CT molecular complexity index is 1130. The van der Waals surface area contributed by atoms with Gasteiger partial charge in [-0.3, -0.25) is 4.90 Å². The van der Waals surface area contributed by atoms with Crippen molar-refractivity contribution in [2.45, 2.75) is 30.3 Å². The number of sulfonamides is 1. The zero-order valence-electron chi connectivity index (χ0n) is 18.6. The van der Waals surface area contributed by atoms with E-state index in [4.69, 9.17) is 9.84 Å². The molecule has 3 aromatic rings. The van der Waals surface area contributed by atoms with Gasteiger partial charge < -0.3 is 9.84 Å². The molecule has 0 unspecified atom stereocenters. The first kappa shape index (κ1) is 23.4. The van der Waals surface area contributed by atoms with Crippen molar-refractivity contribution in [1.82, 2.24) is 9.62 Å². The molecule has 1 aliphatic rings. The van der Waals surface area contributed by atoms with Gasteiger partial charge in [0.15, 0.2) is 0 Å². The molecule has 0 spiro atoms. The van der Waals surface area contributed by atoms with Crippen LogP contribution in [0.15, 0.2) is 83.8 Å². The van der Waals surface area contributed by atoms with Crippen LogP contribution in [0.2, 0.25) is 0 Å². The Kier molecular flexibility index (Phi) is 7.77. The summed E-state index contributed by atoms with van der Waals surface area (Å²) in [5.41, 5.74) is 3.20. The van der Waals surface area contributed by atoms with Crippen molar-refractivity contribution in [3.63, 3.8) is 0 Å². The van der Waals surface area contributed by atoms with Crippen LogP contribution >= 0.6 is 0 Å². The summed E-state index contributed by atoms with van der Waals surface area (Å²) in [5, 5.41) is 8.91. The summed E-state index contributed by atoms with van der Waals surface area (Å²) in [5.74, 6) is 0.752. The SMILES string of the molecule is O=S(=O)(NC1CCN(Cc2cccc(OCCO)c2)CC1)c1ccc(-c2ccccc2)cc1. The Labute approximate surface area is 195 Å². The molecule has 33 heavy (non-hydrogen) atoms. The van der Waals surface area contributed by atoms with Gasteiger partial charge in [-0.25, -0.2) is 13.1 Å². The summed E-state index contributed by atoms with van der Waals surface area (Å²) in [6, 6.07) is 24.8. The minimum atomic E-state index is -3.56. The third-order valence-corrected chi connectivity index (χ3v) is 7.38. The van der Waals surface area contributed by atoms with Crippen LogP contribution in [-0.4, -0.2) is 50.8 Å². The van der Waals surface area contributed by atoms with Crippen LogP contribution in [0, 0.1) is 0 Å². The summed E-state index contributed by atoms with van der Waals surface area (Å²) < 4.78 is 34.2. The lowest BCUT2D eigenvalue weighted by Gasteiger charge is -2.32. The summed E-state index contributed by atoms with van der Waals surface area (Å²) in [6.45, 7) is 2.70. The van der Waals surface area contributed by atoms with E-state index in [-0.39, 0.29) is 19.3 Å². The molecule has 0 amide bonds. The van der Waals surface area contributed by atoms with Crippen LogP contribution in [0.25, 0.3) is 11.1 Å². The predicted molar refractivity (Wildman–Crippen MR) is 130 cm³/mol. The largest absolute Gasteiger partial charge is 0.491 e. The minimum Gasteiger partial charge on any atom is -0.491 e. The minimum absolute atomic E-state index is 0.00911. The Morgan fingerprint density at radius 3 is 2.30 bits per heavy atom. The molecule has 0 atom stereocenters. The molecule has 0 aromatic heterocycles.